The second-order valence-corrected chi connectivity index (χ2v) is 6.77. The molecule has 0 atom stereocenters. The zero-order chi connectivity index (χ0) is 14.8. The molecule has 1 amide bonds. The number of amides is 1. The van der Waals surface area contributed by atoms with E-state index in [2.05, 4.69) is 15.4 Å². The van der Waals surface area contributed by atoms with Crippen molar-refractivity contribution in [2.45, 2.75) is 31.8 Å². The third kappa shape index (κ3) is 9.24. The molecular weight excluding hydrogens is 282 g/mol. The molecule has 0 aromatic rings. The highest BCUT2D eigenvalue weighted by atomic mass is 32.2. The highest BCUT2D eigenvalue weighted by Gasteiger charge is 2.13. The van der Waals surface area contributed by atoms with Gasteiger partial charge in [0.1, 0.15) is 0 Å². The predicted molar refractivity (Wildman–Crippen MR) is 76.9 cm³/mol. The number of hydrogen-bond donors (Lipinski definition) is 3. The van der Waals surface area contributed by atoms with E-state index in [-0.39, 0.29) is 12.0 Å². The lowest BCUT2D eigenvalue weighted by Crippen LogP contribution is -2.33. The van der Waals surface area contributed by atoms with Crippen molar-refractivity contribution in [1.82, 2.24) is 15.4 Å². The number of nitrogens with one attached hydrogen (secondary N) is 3. The van der Waals surface area contributed by atoms with E-state index in [0.29, 0.717) is 32.5 Å². The van der Waals surface area contributed by atoms with Crippen molar-refractivity contribution in [1.29, 1.82) is 0 Å². The lowest BCUT2D eigenvalue weighted by Gasteiger charge is -2.22. The molecule has 7 nitrogen and oxygen atoms in total. The van der Waals surface area contributed by atoms with Crippen LogP contribution in [0.5, 0.6) is 0 Å². The topological polar surface area (TPSA) is 96.5 Å². The van der Waals surface area contributed by atoms with Gasteiger partial charge in [0.25, 0.3) is 0 Å². The summed E-state index contributed by atoms with van der Waals surface area (Å²) in [6.07, 6.45) is 4.31. The van der Waals surface area contributed by atoms with Gasteiger partial charge in [0.05, 0.1) is 19.0 Å². The van der Waals surface area contributed by atoms with Gasteiger partial charge in [-0.3, -0.25) is 4.79 Å². The highest BCUT2D eigenvalue weighted by Crippen LogP contribution is 2.07. The van der Waals surface area contributed by atoms with Gasteiger partial charge in [0.2, 0.25) is 15.9 Å². The standard InChI is InChI=1S/C12H25N3O4S/c1-20(17,18)15-7-2-6-14-12(16)5-10-19-11-3-8-13-9-4-11/h11,13,15H,2-10H2,1H3,(H,14,16). The van der Waals surface area contributed by atoms with Crippen LogP contribution in [-0.4, -0.2) is 59.5 Å². The Morgan fingerprint density at radius 3 is 2.65 bits per heavy atom. The van der Waals surface area contributed by atoms with Gasteiger partial charge in [-0.25, -0.2) is 13.1 Å². The summed E-state index contributed by atoms with van der Waals surface area (Å²) in [6, 6.07) is 0. The normalized spacial score (nSPS) is 17.1. The Kier molecular flexibility index (Phi) is 8.05. The maximum absolute atomic E-state index is 11.5. The monoisotopic (exact) mass is 307 g/mol. The van der Waals surface area contributed by atoms with E-state index in [4.69, 9.17) is 4.74 Å². The van der Waals surface area contributed by atoms with Gasteiger partial charge in [0, 0.05) is 19.5 Å². The van der Waals surface area contributed by atoms with Crippen molar-refractivity contribution in [3.63, 3.8) is 0 Å². The molecule has 0 unspecified atom stereocenters. The molecule has 20 heavy (non-hydrogen) atoms. The van der Waals surface area contributed by atoms with Crippen LogP contribution in [0.1, 0.15) is 25.7 Å². The number of ether oxygens (including phenoxy) is 1. The molecule has 1 heterocycles. The minimum atomic E-state index is -3.14. The molecule has 0 spiro atoms. The average Bonchev–Trinajstić information content (AvgIpc) is 2.38. The van der Waals surface area contributed by atoms with E-state index in [1.807, 2.05) is 0 Å². The van der Waals surface area contributed by atoms with Gasteiger partial charge >= 0.3 is 0 Å². The van der Waals surface area contributed by atoms with Gasteiger partial charge in [-0.05, 0) is 32.4 Å². The Hall–Kier alpha value is -0.700. The van der Waals surface area contributed by atoms with Crippen molar-refractivity contribution in [3.8, 4) is 0 Å². The molecular formula is C12H25N3O4S. The largest absolute Gasteiger partial charge is 0.378 e. The zero-order valence-electron chi connectivity index (χ0n) is 12.0. The first-order valence-electron chi connectivity index (χ1n) is 7.01. The van der Waals surface area contributed by atoms with Crippen molar-refractivity contribution in [2.75, 3.05) is 39.0 Å². The quantitative estimate of drug-likeness (QED) is 0.485. The third-order valence-electron chi connectivity index (χ3n) is 3.01. The summed E-state index contributed by atoms with van der Waals surface area (Å²) in [6.45, 7) is 3.20. The fourth-order valence-corrected chi connectivity index (χ4v) is 2.46. The maximum Gasteiger partial charge on any atom is 0.222 e. The molecule has 0 aliphatic carbocycles. The molecule has 118 valence electrons. The maximum atomic E-state index is 11.5. The minimum Gasteiger partial charge on any atom is -0.378 e. The number of carbonyl (C=O) groups is 1. The molecule has 1 aliphatic rings. The van der Waals surface area contributed by atoms with Crippen LogP contribution < -0.4 is 15.4 Å². The SMILES string of the molecule is CS(=O)(=O)NCCCNC(=O)CCOC1CCNCC1. The smallest absolute Gasteiger partial charge is 0.222 e. The van der Waals surface area contributed by atoms with Gasteiger partial charge in [-0.2, -0.15) is 0 Å². The third-order valence-corrected chi connectivity index (χ3v) is 3.74. The molecule has 0 bridgehead atoms. The van der Waals surface area contributed by atoms with Crippen molar-refractivity contribution >= 4 is 15.9 Å². The van der Waals surface area contributed by atoms with E-state index in [9.17, 15) is 13.2 Å². The van der Waals surface area contributed by atoms with E-state index in [1.54, 1.807) is 0 Å². The first-order valence-corrected chi connectivity index (χ1v) is 8.90. The lowest BCUT2D eigenvalue weighted by molar-refractivity contribution is -0.122. The van der Waals surface area contributed by atoms with Crippen LogP contribution in [0.25, 0.3) is 0 Å². The number of carbonyl (C=O) groups excluding carboxylic acids is 1. The summed E-state index contributed by atoms with van der Waals surface area (Å²) in [4.78, 5) is 11.5. The van der Waals surface area contributed by atoms with Crippen LogP contribution in [0.2, 0.25) is 0 Å². The molecule has 1 fully saturated rings. The Bertz CT molecular complexity index is 380. The van der Waals surface area contributed by atoms with Crippen molar-refractivity contribution < 1.29 is 17.9 Å². The van der Waals surface area contributed by atoms with Crippen LogP contribution in [0, 0.1) is 0 Å². The van der Waals surface area contributed by atoms with E-state index in [0.717, 1.165) is 32.2 Å². The summed E-state index contributed by atoms with van der Waals surface area (Å²) >= 11 is 0. The number of hydrogen-bond acceptors (Lipinski definition) is 5. The molecule has 1 aliphatic heterocycles. The molecule has 3 N–H and O–H groups in total. The zero-order valence-corrected chi connectivity index (χ0v) is 12.8. The minimum absolute atomic E-state index is 0.0571. The Morgan fingerprint density at radius 2 is 2.00 bits per heavy atom. The van der Waals surface area contributed by atoms with Crippen LogP contribution in [-0.2, 0) is 19.6 Å². The van der Waals surface area contributed by atoms with Crippen LogP contribution in [0.15, 0.2) is 0 Å². The molecule has 0 aromatic carbocycles. The van der Waals surface area contributed by atoms with Gasteiger partial charge in [-0.1, -0.05) is 0 Å². The fraction of sp³-hybridized carbons (Fsp3) is 0.917. The van der Waals surface area contributed by atoms with Gasteiger partial charge in [-0.15, -0.1) is 0 Å². The lowest BCUT2D eigenvalue weighted by atomic mass is 10.1. The van der Waals surface area contributed by atoms with Gasteiger partial charge in [0.15, 0.2) is 0 Å². The molecule has 1 saturated heterocycles. The average molecular weight is 307 g/mol. The fourth-order valence-electron chi connectivity index (χ4n) is 1.94. The first kappa shape index (κ1) is 17.4. The summed E-state index contributed by atoms with van der Waals surface area (Å²) in [5, 5.41) is 6.00. The molecule has 0 saturated carbocycles. The van der Waals surface area contributed by atoms with Crippen LogP contribution in [0.4, 0.5) is 0 Å². The van der Waals surface area contributed by atoms with E-state index >= 15 is 0 Å². The molecule has 8 heteroatoms. The van der Waals surface area contributed by atoms with Crippen molar-refractivity contribution in [2.24, 2.45) is 0 Å². The van der Waals surface area contributed by atoms with Crippen molar-refractivity contribution in [3.05, 3.63) is 0 Å². The summed E-state index contributed by atoms with van der Waals surface area (Å²) in [7, 11) is -3.14. The Morgan fingerprint density at radius 1 is 1.30 bits per heavy atom. The van der Waals surface area contributed by atoms with Crippen LogP contribution in [0.3, 0.4) is 0 Å². The summed E-state index contributed by atoms with van der Waals surface area (Å²) in [5.41, 5.74) is 0. The van der Waals surface area contributed by atoms with E-state index in [1.165, 1.54) is 0 Å². The Labute approximate surface area is 120 Å². The number of rotatable bonds is 9. The Balaban J connectivity index is 1.94. The second kappa shape index (κ2) is 9.28. The summed E-state index contributed by atoms with van der Waals surface area (Å²) < 4.78 is 29.6. The number of sulfonamides is 1. The van der Waals surface area contributed by atoms with Crippen LogP contribution >= 0.6 is 0 Å². The summed E-state index contributed by atoms with van der Waals surface area (Å²) in [5.74, 6) is -0.0571. The van der Waals surface area contributed by atoms with Gasteiger partial charge < -0.3 is 15.4 Å². The molecule has 0 aromatic heterocycles. The predicted octanol–water partition coefficient (Wildman–Crippen LogP) is -0.799. The number of piperidine rings is 1. The van der Waals surface area contributed by atoms with E-state index < -0.39 is 10.0 Å². The molecule has 0 radical (unpaired) electrons. The molecule has 1 rings (SSSR count). The first-order chi connectivity index (χ1) is 9.47. The highest BCUT2D eigenvalue weighted by molar-refractivity contribution is 7.88. The second-order valence-electron chi connectivity index (χ2n) is 4.94.